The van der Waals surface area contributed by atoms with Crippen molar-refractivity contribution in [2.24, 2.45) is 0 Å². The van der Waals surface area contributed by atoms with Crippen LogP contribution in [0.4, 0.5) is 0 Å². The lowest BCUT2D eigenvalue weighted by Crippen LogP contribution is -2.21. The summed E-state index contributed by atoms with van der Waals surface area (Å²) in [4.78, 5) is -0.376. The van der Waals surface area contributed by atoms with E-state index >= 15 is 0 Å². The van der Waals surface area contributed by atoms with Gasteiger partial charge in [0.2, 0.25) is 0 Å². The molecule has 8 bridgehead atoms. The molecule has 0 spiro atoms. The van der Waals surface area contributed by atoms with Gasteiger partial charge in [0.05, 0.1) is 19.6 Å². The molecule has 1 aliphatic carbocycles. The third kappa shape index (κ3) is 12.3. The summed E-state index contributed by atoms with van der Waals surface area (Å²) in [5, 5.41) is 51.0. The second-order valence-electron chi connectivity index (χ2n) is 23.6. The third-order valence-electron chi connectivity index (χ3n) is 16.9. The minimum Gasteiger partial charge on any atom is -0.507 e. The maximum Gasteiger partial charge on any atom is 0.261 e. The van der Waals surface area contributed by atoms with Crippen LogP contribution >= 0.6 is 42.7 Å². The van der Waals surface area contributed by atoms with Crippen LogP contribution in [0.3, 0.4) is 0 Å². The molecule has 0 saturated carbocycles. The maximum absolute atomic E-state index is 12.8. The lowest BCUT2D eigenvalue weighted by Gasteiger charge is -2.31. The predicted octanol–water partition coefficient (Wildman–Crippen LogP) is 14.2. The van der Waals surface area contributed by atoms with Crippen LogP contribution in [0.25, 0.3) is 0 Å². The number of rotatable bonds is 12. The first-order valence-corrected chi connectivity index (χ1v) is 35.6. The Morgan fingerprint density at radius 3 is 0.512 bits per heavy atom. The molecule has 1 aliphatic rings. The molecular weight excluding hydrogens is 1230 g/mol. The molecular formula is C64H60Cl4O12S4. The smallest absolute Gasteiger partial charge is 0.261 e. The summed E-state index contributed by atoms with van der Waals surface area (Å²) >= 11 is 0. The van der Waals surface area contributed by atoms with Gasteiger partial charge in [-0.25, -0.2) is 33.7 Å². The number of phenolic OH excluding ortho intramolecular Hbond substituents is 4. The Labute approximate surface area is 509 Å². The minimum atomic E-state index is -4.06. The number of fused-ring (bicyclic) bond motifs is 8. The number of phenols is 4. The van der Waals surface area contributed by atoms with E-state index in [1.165, 1.54) is 48.5 Å². The monoisotopic (exact) mass is 1290 g/mol. The van der Waals surface area contributed by atoms with Gasteiger partial charge >= 0.3 is 0 Å². The van der Waals surface area contributed by atoms with E-state index in [9.17, 15) is 54.1 Å². The first kappa shape index (κ1) is 62.5. The van der Waals surface area contributed by atoms with E-state index in [1.54, 1.807) is 48.5 Å². The van der Waals surface area contributed by atoms with Gasteiger partial charge in [-0.3, -0.25) is 0 Å². The van der Waals surface area contributed by atoms with Crippen LogP contribution in [0.5, 0.6) is 23.0 Å². The van der Waals surface area contributed by atoms with E-state index in [-0.39, 0.29) is 68.3 Å². The maximum atomic E-state index is 12.8. The molecule has 0 unspecified atom stereocenters. The zero-order chi connectivity index (χ0) is 61.7. The van der Waals surface area contributed by atoms with Crippen molar-refractivity contribution in [3.63, 3.8) is 0 Å². The molecule has 4 N–H and O–H groups in total. The van der Waals surface area contributed by atoms with Crippen molar-refractivity contribution in [2.75, 3.05) is 0 Å². The highest BCUT2D eigenvalue weighted by Gasteiger charge is 2.34. The predicted molar refractivity (Wildman–Crippen MR) is 330 cm³/mol. The standard InChI is InChI=1S/C64H60Cl4O12S4/c1-61(2,45-9-17-53(18-10-45)81(65,73)74)49-29-37-25-39-31-50(62(3,4)46-11-19-54(20-12-46)82(66,75)76)33-41(58(39)70)27-43-35-52(64(7,8)48-15-23-56(24-16-48)84(68,79)80)36-44(60(43)72)28-42-34-51(32-40(59(42)71)26-38(30-49)57(37)69)63(5,6)47-13-21-55(22-14-47)83(67,77)78/h9-24,29-36,69-72H,25-28H2,1-8H3. The van der Waals surface area contributed by atoms with E-state index in [0.717, 1.165) is 0 Å². The van der Waals surface area contributed by atoms with Gasteiger partial charge in [-0.15, -0.1) is 0 Å². The number of hydrogen-bond acceptors (Lipinski definition) is 12. The molecule has 0 aliphatic heterocycles. The van der Waals surface area contributed by atoms with Crippen LogP contribution in [-0.2, 0) is 83.5 Å². The van der Waals surface area contributed by atoms with Crippen LogP contribution in [0.1, 0.15) is 144 Å². The fourth-order valence-electron chi connectivity index (χ4n) is 11.2. The van der Waals surface area contributed by atoms with Gasteiger partial charge in [-0.2, -0.15) is 0 Å². The van der Waals surface area contributed by atoms with Gasteiger partial charge in [-0.05, 0) is 138 Å². The van der Waals surface area contributed by atoms with Gasteiger partial charge in [-0.1, -0.05) is 152 Å². The molecule has 84 heavy (non-hydrogen) atoms. The molecule has 8 aromatic carbocycles. The topological polar surface area (TPSA) is 217 Å². The fourth-order valence-corrected chi connectivity index (χ4v) is 14.3. The number of halogens is 4. The number of aromatic hydroxyl groups is 4. The second kappa shape index (κ2) is 22.0. The van der Waals surface area contributed by atoms with E-state index in [0.29, 0.717) is 89.0 Å². The van der Waals surface area contributed by atoms with Crippen LogP contribution < -0.4 is 0 Å². The average Bonchev–Trinajstić information content (AvgIpc) is 1.89. The lowest BCUT2D eigenvalue weighted by molar-refractivity contribution is 0.449. The molecule has 0 heterocycles. The molecule has 440 valence electrons. The average molecular weight is 1290 g/mol. The van der Waals surface area contributed by atoms with Crippen LogP contribution in [-0.4, -0.2) is 54.1 Å². The highest BCUT2D eigenvalue weighted by Crippen LogP contribution is 2.47. The zero-order valence-electron chi connectivity index (χ0n) is 46.9. The quantitative estimate of drug-likeness (QED) is 0.0840. The molecule has 0 radical (unpaired) electrons. The van der Waals surface area contributed by atoms with Gasteiger partial charge in [0.15, 0.2) is 0 Å². The van der Waals surface area contributed by atoms with Gasteiger partial charge < -0.3 is 20.4 Å². The van der Waals surface area contributed by atoms with E-state index in [1.807, 2.05) is 104 Å². The van der Waals surface area contributed by atoms with E-state index < -0.39 is 57.9 Å². The normalized spacial score (nSPS) is 13.9. The first-order valence-electron chi connectivity index (χ1n) is 26.4. The van der Waals surface area contributed by atoms with Crippen molar-refractivity contribution in [3.05, 3.63) is 235 Å². The van der Waals surface area contributed by atoms with Crippen molar-refractivity contribution < 1.29 is 54.1 Å². The molecule has 12 nitrogen and oxygen atoms in total. The highest BCUT2D eigenvalue weighted by atomic mass is 35.7. The Morgan fingerprint density at radius 2 is 0.393 bits per heavy atom. The van der Waals surface area contributed by atoms with Crippen LogP contribution in [0.15, 0.2) is 165 Å². The molecule has 0 fully saturated rings. The lowest BCUT2D eigenvalue weighted by atomic mass is 9.74. The summed E-state index contributed by atoms with van der Waals surface area (Å²) in [7, 11) is 6.71. The van der Waals surface area contributed by atoms with Crippen molar-refractivity contribution >= 4 is 78.9 Å². The molecule has 0 aromatic heterocycles. The molecule has 0 atom stereocenters. The van der Waals surface area contributed by atoms with Gasteiger partial charge in [0.25, 0.3) is 36.2 Å². The molecule has 9 rings (SSSR count). The minimum absolute atomic E-state index is 0.0744. The zero-order valence-corrected chi connectivity index (χ0v) is 53.2. The van der Waals surface area contributed by atoms with Crippen molar-refractivity contribution in [1.29, 1.82) is 0 Å². The summed E-state index contributed by atoms with van der Waals surface area (Å²) in [6, 6.07) is 39.2. The van der Waals surface area contributed by atoms with Crippen molar-refractivity contribution in [2.45, 2.75) is 122 Å². The molecule has 0 amide bonds. The first-order chi connectivity index (χ1) is 38.8. The van der Waals surface area contributed by atoms with Gasteiger partial charge in [0, 0.05) is 90.1 Å². The Morgan fingerprint density at radius 1 is 0.262 bits per heavy atom. The van der Waals surface area contributed by atoms with Crippen molar-refractivity contribution in [1.82, 2.24) is 0 Å². The summed E-state index contributed by atoms with van der Waals surface area (Å²) in [6.07, 6.45) is -0.298. The Balaban J connectivity index is 1.33. The fraction of sp³-hybridized carbons (Fsp3) is 0.250. The summed E-state index contributed by atoms with van der Waals surface area (Å²) < 4.78 is 98.9. The van der Waals surface area contributed by atoms with Gasteiger partial charge in [0.1, 0.15) is 23.0 Å². The Kier molecular flexibility index (Phi) is 16.4. The highest BCUT2D eigenvalue weighted by molar-refractivity contribution is 8.14. The second-order valence-corrected chi connectivity index (χ2v) is 33.9. The van der Waals surface area contributed by atoms with Crippen LogP contribution in [0.2, 0.25) is 0 Å². The van der Waals surface area contributed by atoms with Crippen LogP contribution in [0, 0.1) is 0 Å². The van der Waals surface area contributed by atoms with E-state index in [4.69, 9.17) is 42.7 Å². The number of benzene rings is 8. The third-order valence-corrected chi connectivity index (χ3v) is 22.4. The Bertz CT molecular complexity index is 3760. The Hall–Kier alpha value is -6.08. The summed E-state index contributed by atoms with van der Waals surface area (Å²) in [5.41, 5.74) is 4.98. The van der Waals surface area contributed by atoms with Crippen molar-refractivity contribution in [3.8, 4) is 23.0 Å². The summed E-state index contributed by atoms with van der Waals surface area (Å²) in [5.74, 6) is -0.542. The molecule has 20 heteroatoms. The molecule has 0 saturated heterocycles. The summed E-state index contributed by atoms with van der Waals surface area (Å²) in [6.45, 7) is 15.5. The largest absolute Gasteiger partial charge is 0.507 e. The molecule has 8 aromatic rings. The van der Waals surface area contributed by atoms with E-state index in [2.05, 4.69) is 0 Å². The SMILES string of the molecule is CC(C)(c1ccc(S(=O)(=O)Cl)cc1)c1cc2c(O)c(c1)Cc1cc(C(C)(C)c3ccc(S(=O)(=O)Cl)cc3)cc(c1O)Cc1cc(C(C)(C)c3ccc(S(=O)(=O)Cl)cc3)cc(c1O)Cc1cc(C(C)(C)c3ccc(S(=O)(=O)Cl)cc3)cc(c1O)C2. The number of hydrogen-bond donors (Lipinski definition) is 4.